The molecule has 0 bridgehead atoms. The van der Waals surface area contributed by atoms with Gasteiger partial charge in [0.1, 0.15) is 5.76 Å². The maximum Gasteiger partial charge on any atom is 0.117 e. The van der Waals surface area contributed by atoms with E-state index in [2.05, 4.69) is 11.4 Å². The number of nitrogens with zero attached hydrogens (tertiary/aromatic N) is 1. The number of nitriles is 1. The molecule has 0 spiro atoms. The van der Waals surface area contributed by atoms with Crippen LogP contribution in [0, 0.1) is 11.3 Å². The normalized spacial score (nSPS) is 25.5. The SMILES string of the molecule is N#CC1(c2ccccc2)CC(NCc2ccco2)C1. The van der Waals surface area contributed by atoms with Gasteiger partial charge in [-0.1, -0.05) is 30.3 Å². The molecular formula is C16H16N2O. The van der Waals surface area contributed by atoms with Crippen LogP contribution in [0.15, 0.2) is 53.1 Å². The minimum atomic E-state index is -0.303. The molecule has 1 aromatic carbocycles. The van der Waals surface area contributed by atoms with Crippen molar-refractivity contribution in [2.75, 3.05) is 0 Å². The van der Waals surface area contributed by atoms with Gasteiger partial charge < -0.3 is 9.73 Å². The summed E-state index contributed by atoms with van der Waals surface area (Å²) in [6.07, 6.45) is 3.42. The van der Waals surface area contributed by atoms with Crippen LogP contribution in [0.25, 0.3) is 0 Å². The molecule has 1 N–H and O–H groups in total. The van der Waals surface area contributed by atoms with Crippen molar-refractivity contribution in [3.8, 4) is 6.07 Å². The number of hydrogen-bond donors (Lipinski definition) is 1. The molecule has 1 saturated carbocycles. The molecule has 0 radical (unpaired) electrons. The maximum atomic E-state index is 9.46. The summed E-state index contributed by atoms with van der Waals surface area (Å²) in [5, 5.41) is 12.9. The zero-order chi connectivity index (χ0) is 13.1. The van der Waals surface area contributed by atoms with Crippen molar-refractivity contribution < 1.29 is 4.42 Å². The Labute approximate surface area is 112 Å². The first-order valence-corrected chi connectivity index (χ1v) is 6.55. The first-order chi connectivity index (χ1) is 9.32. The predicted octanol–water partition coefficient (Wildman–Crippen LogP) is 2.99. The second-order valence-corrected chi connectivity index (χ2v) is 5.13. The van der Waals surface area contributed by atoms with Crippen LogP contribution in [0.1, 0.15) is 24.2 Å². The van der Waals surface area contributed by atoms with Crippen LogP contribution in [-0.2, 0) is 12.0 Å². The van der Waals surface area contributed by atoms with E-state index in [4.69, 9.17) is 4.42 Å². The van der Waals surface area contributed by atoms with E-state index in [9.17, 15) is 5.26 Å². The van der Waals surface area contributed by atoms with Gasteiger partial charge in [0.15, 0.2) is 0 Å². The molecule has 3 rings (SSSR count). The Morgan fingerprint density at radius 1 is 1.21 bits per heavy atom. The lowest BCUT2D eigenvalue weighted by Crippen LogP contribution is -2.50. The highest BCUT2D eigenvalue weighted by Crippen LogP contribution is 2.43. The van der Waals surface area contributed by atoms with Crippen molar-refractivity contribution in [2.45, 2.75) is 30.8 Å². The highest BCUT2D eigenvalue weighted by atomic mass is 16.3. The van der Waals surface area contributed by atoms with Crippen LogP contribution in [0.3, 0.4) is 0 Å². The molecule has 3 nitrogen and oxygen atoms in total. The molecule has 2 aromatic rings. The monoisotopic (exact) mass is 252 g/mol. The van der Waals surface area contributed by atoms with Crippen molar-refractivity contribution in [1.29, 1.82) is 5.26 Å². The second kappa shape index (κ2) is 4.91. The van der Waals surface area contributed by atoms with Crippen molar-refractivity contribution in [1.82, 2.24) is 5.32 Å². The quantitative estimate of drug-likeness (QED) is 0.910. The molecule has 0 amide bonds. The lowest BCUT2D eigenvalue weighted by Gasteiger charge is -2.43. The molecule has 1 heterocycles. The van der Waals surface area contributed by atoms with E-state index in [0.717, 1.165) is 30.7 Å². The summed E-state index contributed by atoms with van der Waals surface area (Å²) in [6, 6.07) is 16.8. The van der Waals surface area contributed by atoms with Crippen LogP contribution in [0.2, 0.25) is 0 Å². The third-order valence-corrected chi connectivity index (χ3v) is 3.88. The molecule has 1 aromatic heterocycles. The summed E-state index contributed by atoms with van der Waals surface area (Å²) in [5.41, 5.74) is 0.829. The van der Waals surface area contributed by atoms with Gasteiger partial charge in [0.05, 0.1) is 24.3 Å². The van der Waals surface area contributed by atoms with Crippen LogP contribution in [-0.4, -0.2) is 6.04 Å². The van der Waals surface area contributed by atoms with Gasteiger partial charge in [0.2, 0.25) is 0 Å². The van der Waals surface area contributed by atoms with E-state index >= 15 is 0 Å². The Bertz CT molecular complexity index is 563. The standard InChI is InChI=1S/C16H16N2O/c17-12-16(13-5-2-1-3-6-13)9-14(10-16)18-11-15-7-4-8-19-15/h1-8,14,18H,9-11H2. The van der Waals surface area contributed by atoms with Crippen LogP contribution in [0.4, 0.5) is 0 Å². The van der Waals surface area contributed by atoms with Gasteiger partial charge in [0.25, 0.3) is 0 Å². The Balaban J connectivity index is 1.60. The lowest BCUT2D eigenvalue weighted by molar-refractivity contribution is 0.221. The molecule has 0 atom stereocenters. The van der Waals surface area contributed by atoms with Gasteiger partial charge in [0, 0.05) is 6.04 Å². The number of hydrogen-bond acceptors (Lipinski definition) is 3. The molecule has 0 saturated heterocycles. The van der Waals surface area contributed by atoms with Gasteiger partial charge >= 0.3 is 0 Å². The van der Waals surface area contributed by atoms with Gasteiger partial charge in [-0.05, 0) is 30.5 Å². The number of nitrogens with one attached hydrogen (secondary N) is 1. The Morgan fingerprint density at radius 3 is 2.63 bits per heavy atom. The van der Waals surface area contributed by atoms with E-state index in [1.165, 1.54) is 0 Å². The van der Waals surface area contributed by atoms with Crippen LogP contribution < -0.4 is 5.32 Å². The molecule has 1 aliphatic carbocycles. The van der Waals surface area contributed by atoms with Gasteiger partial charge in [-0.25, -0.2) is 0 Å². The van der Waals surface area contributed by atoms with Crippen LogP contribution in [0.5, 0.6) is 0 Å². The average molecular weight is 252 g/mol. The fraction of sp³-hybridized carbons (Fsp3) is 0.312. The summed E-state index contributed by atoms with van der Waals surface area (Å²) in [7, 11) is 0. The Hall–Kier alpha value is -2.05. The third kappa shape index (κ3) is 2.27. The van der Waals surface area contributed by atoms with Crippen molar-refractivity contribution in [3.05, 3.63) is 60.1 Å². The Morgan fingerprint density at radius 2 is 2.00 bits per heavy atom. The fourth-order valence-corrected chi connectivity index (χ4v) is 2.73. The minimum absolute atomic E-state index is 0.303. The summed E-state index contributed by atoms with van der Waals surface area (Å²) in [6.45, 7) is 0.730. The fourth-order valence-electron chi connectivity index (χ4n) is 2.73. The number of benzene rings is 1. The first-order valence-electron chi connectivity index (χ1n) is 6.55. The predicted molar refractivity (Wildman–Crippen MR) is 72.3 cm³/mol. The van der Waals surface area contributed by atoms with E-state index in [-0.39, 0.29) is 5.41 Å². The average Bonchev–Trinajstić information content (AvgIpc) is 2.92. The van der Waals surface area contributed by atoms with Crippen LogP contribution >= 0.6 is 0 Å². The molecule has 0 aliphatic heterocycles. The highest BCUT2D eigenvalue weighted by Gasteiger charge is 2.45. The van der Waals surface area contributed by atoms with Gasteiger partial charge in [-0.2, -0.15) is 5.26 Å². The summed E-state index contributed by atoms with van der Waals surface area (Å²) in [5.74, 6) is 0.939. The minimum Gasteiger partial charge on any atom is -0.468 e. The molecule has 1 aliphatic rings. The highest BCUT2D eigenvalue weighted by molar-refractivity contribution is 5.36. The largest absolute Gasteiger partial charge is 0.468 e. The molecular weight excluding hydrogens is 236 g/mol. The van der Waals surface area contributed by atoms with Crippen molar-refractivity contribution in [2.24, 2.45) is 0 Å². The van der Waals surface area contributed by atoms with E-state index in [1.807, 2.05) is 42.5 Å². The molecule has 0 unspecified atom stereocenters. The molecule has 1 fully saturated rings. The smallest absolute Gasteiger partial charge is 0.117 e. The lowest BCUT2D eigenvalue weighted by atomic mass is 9.62. The number of furan rings is 1. The van der Waals surface area contributed by atoms with Crippen molar-refractivity contribution in [3.63, 3.8) is 0 Å². The third-order valence-electron chi connectivity index (χ3n) is 3.88. The van der Waals surface area contributed by atoms with Gasteiger partial charge in [-0.3, -0.25) is 0 Å². The zero-order valence-electron chi connectivity index (χ0n) is 10.7. The van der Waals surface area contributed by atoms with E-state index in [1.54, 1.807) is 6.26 Å². The first kappa shape index (κ1) is 12.0. The van der Waals surface area contributed by atoms with Crippen molar-refractivity contribution >= 4 is 0 Å². The van der Waals surface area contributed by atoms with E-state index < -0.39 is 0 Å². The summed E-state index contributed by atoms with van der Waals surface area (Å²) in [4.78, 5) is 0. The molecule has 96 valence electrons. The molecule has 19 heavy (non-hydrogen) atoms. The topological polar surface area (TPSA) is 49.0 Å². The summed E-state index contributed by atoms with van der Waals surface area (Å²) >= 11 is 0. The van der Waals surface area contributed by atoms with E-state index in [0.29, 0.717) is 6.04 Å². The summed E-state index contributed by atoms with van der Waals surface area (Å²) < 4.78 is 5.29. The number of rotatable bonds is 4. The molecule has 3 heteroatoms. The second-order valence-electron chi connectivity index (χ2n) is 5.13. The Kier molecular flexibility index (Phi) is 3.10. The van der Waals surface area contributed by atoms with Gasteiger partial charge in [-0.15, -0.1) is 0 Å². The maximum absolute atomic E-state index is 9.46. The zero-order valence-corrected chi connectivity index (χ0v) is 10.7.